The predicted octanol–water partition coefficient (Wildman–Crippen LogP) is 5.80. The van der Waals surface area contributed by atoms with E-state index in [-0.39, 0.29) is 0 Å². The Kier molecular flexibility index (Phi) is 12.1. The molecule has 1 heterocycles. The van der Waals surface area contributed by atoms with E-state index >= 15 is 0 Å². The van der Waals surface area contributed by atoms with Crippen molar-refractivity contribution in [1.29, 1.82) is 0 Å². The van der Waals surface area contributed by atoms with Crippen LogP contribution in [0.3, 0.4) is 0 Å². The molecule has 1 nitrogen and oxygen atoms in total. The number of hydrogen-bond acceptors (Lipinski definition) is 2. The summed E-state index contributed by atoms with van der Waals surface area (Å²) in [7, 11) is 0. The van der Waals surface area contributed by atoms with E-state index in [1.54, 1.807) is 0 Å². The van der Waals surface area contributed by atoms with Crippen LogP contribution in [0.25, 0.3) is 0 Å². The van der Waals surface area contributed by atoms with Crippen LogP contribution in [0.5, 0.6) is 0 Å². The fourth-order valence-corrected chi connectivity index (χ4v) is 3.24. The normalized spacial score (nSPS) is 11.1. The van der Waals surface area contributed by atoms with E-state index in [9.17, 15) is 0 Å². The minimum Gasteiger partial charge on any atom is -0.316 e. The Morgan fingerprint density at radius 3 is 2.10 bits per heavy atom. The summed E-state index contributed by atoms with van der Waals surface area (Å²) in [6.45, 7) is 4.62. The number of rotatable bonds is 14. The van der Waals surface area contributed by atoms with Gasteiger partial charge in [0.2, 0.25) is 0 Å². The van der Waals surface area contributed by atoms with Crippen molar-refractivity contribution < 1.29 is 0 Å². The Morgan fingerprint density at radius 2 is 1.50 bits per heavy atom. The minimum atomic E-state index is 1.14. The molecule has 1 aromatic heterocycles. The number of hydrogen-bond donors (Lipinski definition) is 1. The van der Waals surface area contributed by atoms with E-state index < -0.39 is 0 Å². The fraction of sp³-hybridized carbons (Fsp3) is 0.778. The first kappa shape index (κ1) is 17.7. The van der Waals surface area contributed by atoms with Gasteiger partial charge in [0.1, 0.15) is 0 Å². The van der Waals surface area contributed by atoms with Crippen molar-refractivity contribution in [3.8, 4) is 0 Å². The van der Waals surface area contributed by atoms with Gasteiger partial charge in [0.25, 0.3) is 0 Å². The van der Waals surface area contributed by atoms with Crippen molar-refractivity contribution in [2.45, 2.75) is 77.6 Å². The van der Waals surface area contributed by atoms with Gasteiger partial charge in [0.05, 0.1) is 0 Å². The molecule has 0 radical (unpaired) electrons. The van der Waals surface area contributed by atoms with Crippen LogP contribution in [0.4, 0.5) is 0 Å². The molecule has 0 spiro atoms. The van der Waals surface area contributed by atoms with Crippen molar-refractivity contribution in [2.24, 2.45) is 0 Å². The van der Waals surface area contributed by atoms with E-state index in [0.717, 1.165) is 6.54 Å². The van der Waals surface area contributed by atoms with Gasteiger partial charge in [-0.3, -0.25) is 0 Å². The zero-order valence-electron chi connectivity index (χ0n) is 13.3. The van der Waals surface area contributed by atoms with E-state index in [1.807, 2.05) is 11.3 Å². The van der Waals surface area contributed by atoms with Gasteiger partial charge < -0.3 is 5.32 Å². The maximum absolute atomic E-state index is 3.56. The summed E-state index contributed by atoms with van der Waals surface area (Å²) < 4.78 is 0. The molecule has 0 saturated carbocycles. The van der Waals surface area contributed by atoms with Gasteiger partial charge in [0, 0.05) is 4.88 Å². The first-order valence-corrected chi connectivity index (χ1v) is 9.54. The third kappa shape index (κ3) is 10.4. The van der Waals surface area contributed by atoms with Crippen LogP contribution < -0.4 is 5.32 Å². The quantitative estimate of drug-likeness (QED) is 0.428. The first-order chi connectivity index (χ1) is 9.93. The molecule has 0 unspecified atom stereocenters. The summed E-state index contributed by atoms with van der Waals surface area (Å²) >= 11 is 1.87. The lowest BCUT2D eigenvalue weighted by Crippen LogP contribution is -2.18. The smallest absolute Gasteiger partial charge is 0.00578 e. The topological polar surface area (TPSA) is 12.0 Å². The van der Waals surface area contributed by atoms with Crippen molar-refractivity contribution in [3.05, 3.63) is 22.4 Å². The van der Waals surface area contributed by atoms with Crippen molar-refractivity contribution in [3.63, 3.8) is 0 Å². The molecule has 0 atom stereocenters. The lowest BCUT2D eigenvalue weighted by Gasteiger charge is -2.04. The monoisotopic (exact) mass is 295 g/mol. The SMILES string of the molecule is CCCCCCCCCCCCNCCc1cccs1. The minimum absolute atomic E-state index is 1.14. The Labute approximate surface area is 130 Å². The summed E-state index contributed by atoms with van der Waals surface area (Å²) in [6.07, 6.45) is 15.4. The van der Waals surface area contributed by atoms with Gasteiger partial charge >= 0.3 is 0 Å². The zero-order valence-corrected chi connectivity index (χ0v) is 14.1. The molecule has 0 bridgehead atoms. The highest BCUT2D eigenvalue weighted by molar-refractivity contribution is 7.09. The summed E-state index contributed by atoms with van der Waals surface area (Å²) in [5, 5.41) is 5.72. The van der Waals surface area contributed by atoms with Crippen molar-refractivity contribution >= 4 is 11.3 Å². The maximum atomic E-state index is 3.56. The van der Waals surface area contributed by atoms with E-state index in [0.29, 0.717) is 0 Å². The zero-order chi connectivity index (χ0) is 14.3. The second-order valence-corrected chi connectivity index (χ2v) is 6.79. The average Bonchev–Trinajstić information content (AvgIpc) is 2.97. The highest BCUT2D eigenvalue weighted by Crippen LogP contribution is 2.10. The molecule has 0 aliphatic rings. The van der Waals surface area contributed by atoms with Gasteiger partial charge in [-0.25, -0.2) is 0 Å². The molecule has 1 N–H and O–H groups in total. The number of nitrogens with one attached hydrogen (secondary N) is 1. The molecule has 116 valence electrons. The molecule has 0 fully saturated rings. The molecular weight excluding hydrogens is 262 g/mol. The molecule has 2 heteroatoms. The highest BCUT2D eigenvalue weighted by atomic mass is 32.1. The molecule has 0 aliphatic heterocycles. The molecule has 1 rings (SSSR count). The molecule has 1 aromatic rings. The van der Waals surface area contributed by atoms with Crippen LogP contribution in [0.15, 0.2) is 17.5 Å². The molecule has 20 heavy (non-hydrogen) atoms. The van der Waals surface area contributed by atoms with Crippen molar-refractivity contribution in [2.75, 3.05) is 13.1 Å². The fourth-order valence-electron chi connectivity index (χ4n) is 2.53. The first-order valence-electron chi connectivity index (χ1n) is 8.66. The van der Waals surface area contributed by atoms with Gasteiger partial charge in [-0.2, -0.15) is 0 Å². The van der Waals surface area contributed by atoms with Crippen molar-refractivity contribution in [1.82, 2.24) is 5.32 Å². The number of unbranched alkanes of at least 4 members (excludes halogenated alkanes) is 9. The third-order valence-corrected chi connectivity index (χ3v) is 4.77. The molecule has 0 aromatic carbocycles. The second-order valence-electron chi connectivity index (χ2n) is 5.76. The summed E-state index contributed by atoms with van der Waals surface area (Å²) in [4.78, 5) is 1.50. The standard InChI is InChI=1S/C18H33NS/c1-2-3-4-5-6-7-8-9-10-11-15-19-16-14-18-13-12-17-20-18/h12-13,17,19H,2-11,14-16H2,1H3. The lowest BCUT2D eigenvalue weighted by molar-refractivity contribution is 0.544. The van der Waals surface area contributed by atoms with Crippen LogP contribution >= 0.6 is 11.3 Å². The van der Waals surface area contributed by atoms with Crippen LogP contribution in [0.2, 0.25) is 0 Å². The van der Waals surface area contributed by atoms with Gasteiger partial charge in [-0.1, -0.05) is 70.8 Å². The Morgan fingerprint density at radius 1 is 0.850 bits per heavy atom. The van der Waals surface area contributed by atoms with Crippen LogP contribution in [0, 0.1) is 0 Å². The second kappa shape index (κ2) is 13.6. The third-order valence-electron chi connectivity index (χ3n) is 3.84. The molecule has 0 saturated heterocycles. The Bertz CT molecular complexity index is 282. The van der Waals surface area contributed by atoms with Crippen LogP contribution in [0.1, 0.15) is 76.0 Å². The Balaban J connectivity index is 1.70. The largest absolute Gasteiger partial charge is 0.316 e. The predicted molar refractivity (Wildman–Crippen MR) is 92.7 cm³/mol. The maximum Gasteiger partial charge on any atom is 0.00578 e. The van der Waals surface area contributed by atoms with E-state index in [2.05, 4.69) is 29.8 Å². The van der Waals surface area contributed by atoms with Gasteiger partial charge in [-0.05, 0) is 37.4 Å². The van der Waals surface area contributed by atoms with Gasteiger partial charge in [0.15, 0.2) is 0 Å². The van der Waals surface area contributed by atoms with Crippen LogP contribution in [-0.4, -0.2) is 13.1 Å². The molecular formula is C18H33NS. The number of thiophene rings is 1. The van der Waals surface area contributed by atoms with Crippen LogP contribution in [-0.2, 0) is 6.42 Å². The van der Waals surface area contributed by atoms with E-state index in [4.69, 9.17) is 0 Å². The Hall–Kier alpha value is -0.340. The molecule has 0 aliphatic carbocycles. The van der Waals surface area contributed by atoms with Gasteiger partial charge in [-0.15, -0.1) is 11.3 Å². The average molecular weight is 296 g/mol. The summed E-state index contributed by atoms with van der Waals surface area (Å²) in [6, 6.07) is 4.37. The summed E-state index contributed by atoms with van der Waals surface area (Å²) in [5.41, 5.74) is 0. The summed E-state index contributed by atoms with van der Waals surface area (Å²) in [5.74, 6) is 0. The van der Waals surface area contributed by atoms with E-state index in [1.165, 1.54) is 82.1 Å². The lowest BCUT2D eigenvalue weighted by atomic mass is 10.1. The highest BCUT2D eigenvalue weighted by Gasteiger charge is 1.94. The molecule has 0 amide bonds.